The molecule has 0 bridgehead atoms. The molecule has 0 unspecified atom stereocenters. The van der Waals surface area contributed by atoms with E-state index in [1.54, 1.807) is 33.8 Å². The predicted molar refractivity (Wildman–Crippen MR) is 187 cm³/mol. The van der Waals surface area contributed by atoms with E-state index in [1.165, 1.54) is 0 Å². The van der Waals surface area contributed by atoms with Crippen LogP contribution in [0.15, 0.2) is 24.3 Å². The number of aldehydes is 1. The molecule has 1 aromatic rings. The van der Waals surface area contributed by atoms with Crippen LogP contribution >= 0.6 is 0 Å². The Kier molecular flexibility index (Phi) is 26.8. The zero-order valence-corrected chi connectivity index (χ0v) is 30.0. The van der Waals surface area contributed by atoms with Gasteiger partial charge in [0.05, 0.1) is 45.8 Å². The zero-order valence-electron chi connectivity index (χ0n) is 30.0. The lowest BCUT2D eigenvalue weighted by molar-refractivity contribution is -0.140. The molecule has 0 saturated carbocycles. The first-order chi connectivity index (χ1) is 23.9. The van der Waals surface area contributed by atoms with E-state index < -0.39 is 17.9 Å². The van der Waals surface area contributed by atoms with Gasteiger partial charge in [0.15, 0.2) is 0 Å². The van der Waals surface area contributed by atoms with Gasteiger partial charge in [-0.25, -0.2) is 0 Å². The molecule has 16 heteroatoms. The second kappa shape index (κ2) is 29.0. The standard InChI is InChI=1S/C16H28N4O7.C16H23NO4.C2H6/c21-10-9-17-1-3-18(11-14(22)23)5-7-20(13-16(26)27)8-6-19(4-2-17)12-15(24)25;1-13(18)3-4-14-5-7-15(8-6-14)21-16(19)9-11-20-12-10-17-2;1-2/h10H,1-9,11-13H2,(H,22,23)(H,24,25)(H,26,27);5-8,17H,3-4,9-12H2,1-2H3;1-2H3. The second-order valence-electron chi connectivity index (χ2n) is 11.3. The molecule has 0 amide bonds. The highest BCUT2D eigenvalue weighted by atomic mass is 16.5. The Labute approximate surface area is 295 Å². The van der Waals surface area contributed by atoms with Gasteiger partial charge >= 0.3 is 23.9 Å². The molecule has 4 N–H and O–H groups in total. The van der Waals surface area contributed by atoms with Crippen LogP contribution in [0.2, 0.25) is 0 Å². The Hall–Kier alpha value is -3.80. The number of esters is 1. The maximum absolute atomic E-state index is 11.6. The summed E-state index contributed by atoms with van der Waals surface area (Å²) in [6, 6.07) is 7.23. The van der Waals surface area contributed by atoms with Crippen molar-refractivity contribution in [3.8, 4) is 5.75 Å². The third-order valence-electron chi connectivity index (χ3n) is 7.21. The molecule has 0 aliphatic carbocycles. The van der Waals surface area contributed by atoms with Gasteiger partial charge in [-0.2, -0.15) is 0 Å². The van der Waals surface area contributed by atoms with Crippen LogP contribution in [0.3, 0.4) is 0 Å². The lowest BCUT2D eigenvalue weighted by Crippen LogP contribution is -2.48. The molecule has 0 spiro atoms. The van der Waals surface area contributed by atoms with Crippen molar-refractivity contribution in [3.05, 3.63) is 29.8 Å². The zero-order chi connectivity index (χ0) is 37.7. The first-order valence-electron chi connectivity index (χ1n) is 16.9. The summed E-state index contributed by atoms with van der Waals surface area (Å²) >= 11 is 0. The van der Waals surface area contributed by atoms with Crippen molar-refractivity contribution in [1.29, 1.82) is 0 Å². The number of rotatable bonds is 18. The molecule has 1 fully saturated rings. The first kappa shape index (κ1) is 46.2. The van der Waals surface area contributed by atoms with Crippen molar-refractivity contribution in [2.24, 2.45) is 0 Å². The lowest BCUT2D eigenvalue weighted by atomic mass is 10.1. The van der Waals surface area contributed by atoms with Crippen molar-refractivity contribution >= 4 is 35.9 Å². The van der Waals surface area contributed by atoms with Gasteiger partial charge in [0.25, 0.3) is 0 Å². The van der Waals surface area contributed by atoms with Gasteiger partial charge in [-0.3, -0.25) is 38.8 Å². The summed E-state index contributed by atoms with van der Waals surface area (Å²) in [7, 11) is 1.84. The number of likely N-dealkylation sites (N-methyl/N-ethyl adjacent to an activating group) is 1. The molecule has 1 aliphatic rings. The van der Waals surface area contributed by atoms with Crippen LogP contribution in [0.1, 0.15) is 39.2 Å². The van der Waals surface area contributed by atoms with Crippen LogP contribution in [0, 0.1) is 0 Å². The number of carbonyl (C=O) groups excluding carboxylic acids is 3. The van der Waals surface area contributed by atoms with E-state index in [1.807, 2.05) is 37.9 Å². The van der Waals surface area contributed by atoms with Gasteiger partial charge in [-0.05, 0) is 38.1 Å². The minimum Gasteiger partial charge on any atom is -0.480 e. The summed E-state index contributed by atoms with van der Waals surface area (Å²) in [4.78, 5) is 73.6. The van der Waals surface area contributed by atoms with Gasteiger partial charge in [0, 0.05) is 65.3 Å². The van der Waals surface area contributed by atoms with Crippen LogP contribution in [0.5, 0.6) is 5.75 Å². The molecule has 1 aliphatic heterocycles. The van der Waals surface area contributed by atoms with Gasteiger partial charge in [-0.15, -0.1) is 0 Å². The Balaban J connectivity index is 0.000000940. The minimum absolute atomic E-state index is 0.166. The van der Waals surface area contributed by atoms with Gasteiger partial charge in [0.2, 0.25) is 0 Å². The number of carbonyl (C=O) groups is 6. The molecule has 0 atom stereocenters. The number of hydrogen-bond acceptors (Lipinski definition) is 13. The molecule has 0 aromatic heterocycles. The number of Topliss-reactive ketones (excluding diaryl/α,β-unsaturated/α-hetero) is 1. The molecule has 16 nitrogen and oxygen atoms in total. The number of aryl methyl sites for hydroxylation is 1. The van der Waals surface area contributed by atoms with E-state index in [0.717, 1.165) is 18.4 Å². The van der Waals surface area contributed by atoms with Crippen LogP contribution in [-0.4, -0.2) is 176 Å². The summed E-state index contributed by atoms with van der Waals surface area (Å²) in [5.41, 5.74) is 1.06. The highest BCUT2D eigenvalue weighted by Gasteiger charge is 2.20. The third kappa shape index (κ3) is 25.2. The van der Waals surface area contributed by atoms with Crippen molar-refractivity contribution in [2.75, 3.05) is 105 Å². The molecule has 0 radical (unpaired) electrons. The van der Waals surface area contributed by atoms with Crippen molar-refractivity contribution in [3.63, 3.8) is 0 Å². The maximum Gasteiger partial charge on any atom is 0.317 e. The molecule has 1 heterocycles. The normalized spacial score (nSPS) is 15.1. The van der Waals surface area contributed by atoms with Crippen LogP contribution in [0.4, 0.5) is 0 Å². The number of carboxylic acids is 3. The molecule has 1 aromatic carbocycles. The van der Waals surface area contributed by atoms with Gasteiger partial charge < -0.3 is 39.7 Å². The topological polar surface area (TPSA) is 207 Å². The number of carboxylic acid groups (broad SMARTS) is 3. The average Bonchev–Trinajstić information content (AvgIpc) is 3.06. The quantitative estimate of drug-likeness (QED) is 0.0705. The van der Waals surface area contributed by atoms with Crippen LogP contribution in [0.25, 0.3) is 0 Å². The van der Waals surface area contributed by atoms with Crippen molar-refractivity contribution < 1.29 is 53.6 Å². The predicted octanol–water partition coefficient (Wildman–Crippen LogP) is 0.427. The molecular weight excluding hydrogens is 654 g/mol. The molecule has 50 heavy (non-hydrogen) atoms. The van der Waals surface area contributed by atoms with E-state index in [0.29, 0.717) is 84.2 Å². The summed E-state index contributed by atoms with van der Waals surface area (Å²) < 4.78 is 10.5. The molecule has 2 rings (SSSR count). The molecule has 284 valence electrons. The summed E-state index contributed by atoms with van der Waals surface area (Å²) in [6.45, 7) is 10.1. The number of ether oxygens (including phenoxy) is 2. The van der Waals surface area contributed by atoms with Crippen LogP contribution in [-0.2, 0) is 39.9 Å². The molecule has 1 saturated heterocycles. The Morgan fingerprint density at radius 2 is 1.16 bits per heavy atom. The average molecular weight is 712 g/mol. The summed E-state index contributed by atoms with van der Waals surface area (Å²) in [6.07, 6.45) is 2.24. The van der Waals surface area contributed by atoms with Gasteiger partial charge in [0.1, 0.15) is 17.8 Å². The fraction of sp³-hybridized carbons (Fsp3) is 0.647. The Morgan fingerprint density at radius 3 is 1.54 bits per heavy atom. The maximum atomic E-state index is 11.6. The summed E-state index contributed by atoms with van der Waals surface area (Å²) in [5, 5.41) is 30.2. The smallest absolute Gasteiger partial charge is 0.317 e. The number of nitrogens with one attached hydrogen (secondary N) is 1. The SMILES string of the molecule is CC.CNCCOCCC(=O)Oc1ccc(CCC(C)=O)cc1.O=CCN1CCN(CC(=O)O)CCN(CC(=O)O)CCN(CC(=O)O)CC1. The second-order valence-corrected chi connectivity index (χ2v) is 11.3. The first-order valence-corrected chi connectivity index (χ1v) is 16.9. The number of hydrogen-bond donors (Lipinski definition) is 4. The minimum atomic E-state index is -0.992. The fourth-order valence-corrected chi connectivity index (χ4v) is 4.57. The summed E-state index contributed by atoms with van der Waals surface area (Å²) in [5.74, 6) is -2.56. The number of ketones is 1. The van der Waals surface area contributed by atoms with E-state index >= 15 is 0 Å². The van der Waals surface area contributed by atoms with E-state index in [9.17, 15) is 28.8 Å². The lowest BCUT2D eigenvalue weighted by Gasteiger charge is -2.32. The Morgan fingerprint density at radius 1 is 0.720 bits per heavy atom. The fourth-order valence-electron chi connectivity index (χ4n) is 4.57. The van der Waals surface area contributed by atoms with Gasteiger partial charge in [-0.1, -0.05) is 26.0 Å². The van der Waals surface area contributed by atoms with E-state index in [-0.39, 0.29) is 44.4 Å². The highest BCUT2D eigenvalue weighted by Crippen LogP contribution is 2.14. The van der Waals surface area contributed by atoms with Crippen LogP contribution < -0.4 is 10.1 Å². The number of aliphatic carboxylic acids is 3. The molecular formula is C34H57N5O11. The van der Waals surface area contributed by atoms with E-state index in [4.69, 9.17) is 24.8 Å². The largest absolute Gasteiger partial charge is 0.480 e. The highest BCUT2D eigenvalue weighted by molar-refractivity contribution is 5.75. The number of nitrogens with zero attached hydrogens (tertiary/aromatic N) is 4. The van der Waals surface area contributed by atoms with Crippen molar-refractivity contribution in [2.45, 2.75) is 40.0 Å². The number of benzene rings is 1. The van der Waals surface area contributed by atoms with Crippen molar-refractivity contribution in [1.82, 2.24) is 24.9 Å². The third-order valence-corrected chi connectivity index (χ3v) is 7.21. The Bertz CT molecular complexity index is 1110. The van der Waals surface area contributed by atoms with E-state index in [2.05, 4.69) is 5.32 Å². The monoisotopic (exact) mass is 711 g/mol.